The van der Waals surface area contributed by atoms with Crippen LogP contribution in [0.15, 0.2) is 73.2 Å². The molecule has 60 heavy (non-hydrogen) atoms. The first-order chi connectivity index (χ1) is 28.9. The summed E-state index contributed by atoms with van der Waals surface area (Å²) in [7, 11) is 0. The van der Waals surface area contributed by atoms with Crippen LogP contribution in [-0.4, -0.2) is 77.0 Å². The molecule has 6 aromatic rings. The molecule has 0 radical (unpaired) electrons. The fourth-order valence-corrected chi connectivity index (χ4v) is 8.24. The number of rotatable bonds is 11. The zero-order valence-electron chi connectivity index (χ0n) is 32.2. The minimum atomic E-state index is -4.40. The summed E-state index contributed by atoms with van der Waals surface area (Å²) in [4.78, 5) is 34.4. The van der Waals surface area contributed by atoms with Crippen molar-refractivity contribution in [2.24, 2.45) is 0 Å². The first-order valence-electron chi connectivity index (χ1n) is 18.8. The van der Waals surface area contributed by atoms with E-state index in [4.69, 9.17) is 46.9 Å². The maximum absolute atomic E-state index is 14.2. The molecule has 0 spiro atoms. The fourth-order valence-electron chi connectivity index (χ4n) is 6.60. The number of hydrogen-bond donors (Lipinski definition) is 0. The normalized spacial score (nSPS) is 14.3. The number of esters is 1. The minimum Gasteiger partial charge on any atom is -0.492 e. The number of carbonyl (C=O) groups excluding carboxylic acids is 1. The van der Waals surface area contributed by atoms with Crippen LogP contribution in [0.2, 0.25) is 5.02 Å². The van der Waals surface area contributed by atoms with Gasteiger partial charge in [-0.25, -0.2) is 24.1 Å². The Morgan fingerprint density at radius 2 is 1.87 bits per heavy atom. The Morgan fingerprint density at radius 3 is 2.63 bits per heavy atom. The highest BCUT2D eigenvalue weighted by atomic mass is 35.5. The number of aromatic nitrogens is 4. The van der Waals surface area contributed by atoms with Crippen molar-refractivity contribution >= 4 is 56.4 Å². The Hall–Kier alpha value is -5.45. The van der Waals surface area contributed by atoms with E-state index in [1.165, 1.54) is 42.1 Å². The Bertz CT molecular complexity index is 2480. The molecular weight excluding hydrogens is 849 g/mol. The fraction of sp³-hybridized carbons (Fsp3) is 0.310. The monoisotopic (exact) mass is 885 g/mol. The van der Waals surface area contributed by atoms with Crippen LogP contribution in [0.25, 0.3) is 31.8 Å². The molecule has 0 N–H and O–H groups in total. The lowest BCUT2D eigenvalue weighted by Crippen LogP contribution is -2.32. The second-order valence-electron chi connectivity index (χ2n) is 13.4. The largest absolute Gasteiger partial charge is 0.492 e. The molecule has 0 unspecified atom stereocenters. The average molecular weight is 887 g/mol. The summed E-state index contributed by atoms with van der Waals surface area (Å²) >= 11 is 14.8. The molecule has 3 aromatic heterocycles. The van der Waals surface area contributed by atoms with Gasteiger partial charge in [0.05, 0.1) is 41.4 Å². The van der Waals surface area contributed by atoms with Crippen LogP contribution in [-0.2, 0) is 22.6 Å². The third-order valence-corrected chi connectivity index (χ3v) is 11.2. The quantitative estimate of drug-likeness (QED) is 0.0703. The molecule has 1 atom stereocenters. The maximum atomic E-state index is 14.2. The van der Waals surface area contributed by atoms with Gasteiger partial charge < -0.3 is 28.6 Å². The van der Waals surface area contributed by atoms with Gasteiger partial charge >= 0.3 is 18.2 Å². The molecule has 0 saturated heterocycles. The van der Waals surface area contributed by atoms with E-state index < -0.39 is 37.1 Å². The number of benzene rings is 3. The van der Waals surface area contributed by atoms with Crippen molar-refractivity contribution in [3.63, 3.8) is 0 Å². The number of fused-ring (bicyclic) bond motifs is 7. The van der Waals surface area contributed by atoms with Crippen LogP contribution < -0.4 is 23.8 Å². The Kier molecular flexibility index (Phi) is 13.4. The van der Waals surface area contributed by atoms with Crippen molar-refractivity contribution < 1.29 is 46.0 Å². The molecule has 8 rings (SSSR count). The van der Waals surface area contributed by atoms with Crippen molar-refractivity contribution in [1.29, 1.82) is 0 Å². The SMILES string of the molecule is CCOC(=O)[C@H]1Cc2cc(ccc2OCc2ccnc(OCCC(F)(F)F)n2)OCCN(CCCl)c2ccc(c(C)c2Cl)-c2c(-c3ccc(F)cc3)sc3ncnc(c23)O1. The zero-order chi connectivity index (χ0) is 42.4. The molecule has 0 saturated carbocycles. The molecule has 4 bridgehead atoms. The minimum absolute atomic E-state index is 0.0622. The van der Waals surface area contributed by atoms with E-state index in [9.17, 15) is 22.4 Å². The predicted molar refractivity (Wildman–Crippen MR) is 220 cm³/mol. The molecule has 314 valence electrons. The van der Waals surface area contributed by atoms with Gasteiger partial charge in [0, 0.05) is 41.0 Å². The van der Waals surface area contributed by atoms with Gasteiger partial charge in [-0.15, -0.1) is 22.9 Å². The third kappa shape index (κ3) is 9.94. The molecule has 11 nitrogen and oxygen atoms in total. The standard InChI is InChI=1S/C42H37Cl2F4N5O6S/c1-3-55-40(54)33-21-26-20-29(8-11-32(26)58-22-28-12-15-49-41(52-28)57-18-13-42(46,47)48)56-19-17-53(16-14-43)31-10-9-30(24(2)36(31)44)34-35-38(59-33)50-23-51-39(35)60-37(34)25-4-6-27(45)7-5-25/h4-12,15,20,23,33H,3,13-14,16-19,21-22H2,1-2H3/t33-/m1/s1. The second-order valence-corrected chi connectivity index (χ2v) is 15.2. The van der Waals surface area contributed by atoms with Crippen LogP contribution in [0, 0.1) is 12.7 Å². The van der Waals surface area contributed by atoms with Gasteiger partial charge in [0.25, 0.3) is 0 Å². The van der Waals surface area contributed by atoms with Crippen molar-refractivity contribution in [2.45, 2.75) is 45.6 Å². The summed E-state index contributed by atoms with van der Waals surface area (Å²) in [6.07, 6.45) is -4.20. The zero-order valence-corrected chi connectivity index (χ0v) is 34.6. The third-order valence-electron chi connectivity index (χ3n) is 9.44. The van der Waals surface area contributed by atoms with Crippen molar-refractivity contribution in [1.82, 2.24) is 19.9 Å². The van der Waals surface area contributed by atoms with Crippen LogP contribution in [0.5, 0.6) is 23.4 Å². The highest BCUT2D eigenvalue weighted by molar-refractivity contribution is 7.22. The van der Waals surface area contributed by atoms with Gasteiger partial charge in [-0.2, -0.15) is 18.2 Å². The topological polar surface area (TPSA) is 118 Å². The lowest BCUT2D eigenvalue weighted by molar-refractivity contribution is -0.151. The number of carbonyl (C=O) groups is 1. The average Bonchev–Trinajstić information content (AvgIpc) is 3.61. The number of ether oxygens (including phenoxy) is 5. The first kappa shape index (κ1) is 42.7. The van der Waals surface area contributed by atoms with E-state index in [0.717, 1.165) is 27.3 Å². The number of nitrogens with zero attached hydrogens (tertiary/aromatic N) is 5. The summed E-state index contributed by atoms with van der Waals surface area (Å²) in [6.45, 7) is 3.99. The van der Waals surface area contributed by atoms with Gasteiger partial charge in [0.15, 0.2) is 0 Å². The number of anilines is 1. The summed E-state index contributed by atoms with van der Waals surface area (Å²) in [5.41, 5.74) is 4.46. The molecule has 0 fully saturated rings. The number of hydrogen-bond acceptors (Lipinski definition) is 12. The van der Waals surface area contributed by atoms with E-state index in [1.54, 1.807) is 37.3 Å². The Labute approximate surface area is 356 Å². The molecule has 0 amide bonds. The molecule has 5 heterocycles. The van der Waals surface area contributed by atoms with E-state index in [0.29, 0.717) is 62.5 Å². The van der Waals surface area contributed by atoms with E-state index in [2.05, 4.69) is 19.9 Å². The van der Waals surface area contributed by atoms with Crippen molar-refractivity contribution in [2.75, 3.05) is 43.7 Å². The van der Waals surface area contributed by atoms with E-state index in [-0.39, 0.29) is 38.1 Å². The van der Waals surface area contributed by atoms with Gasteiger partial charge in [-0.3, -0.25) is 0 Å². The van der Waals surface area contributed by atoms with Gasteiger partial charge in [0.2, 0.25) is 12.0 Å². The molecule has 2 aliphatic rings. The molecular formula is C42H37Cl2F4N5O6S. The highest BCUT2D eigenvalue weighted by Crippen LogP contribution is 2.49. The van der Waals surface area contributed by atoms with Crippen LogP contribution >= 0.6 is 34.5 Å². The second kappa shape index (κ2) is 18.9. The van der Waals surface area contributed by atoms with E-state index in [1.807, 2.05) is 24.0 Å². The van der Waals surface area contributed by atoms with E-state index >= 15 is 0 Å². The maximum Gasteiger partial charge on any atom is 0.392 e. The Balaban J connectivity index is 1.32. The summed E-state index contributed by atoms with van der Waals surface area (Å²) in [6, 6.07) is 16.4. The molecule has 0 aliphatic carbocycles. The van der Waals surface area contributed by atoms with Crippen LogP contribution in [0.3, 0.4) is 0 Å². The van der Waals surface area contributed by atoms with Gasteiger partial charge in [-0.05, 0) is 73.0 Å². The highest BCUT2D eigenvalue weighted by Gasteiger charge is 2.30. The molecule has 3 aromatic carbocycles. The number of halogens is 6. The van der Waals surface area contributed by atoms with Crippen molar-refractivity contribution in [3.8, 4) is 45.0 Å². The van der Waals surface area contributed by atoms with Gasteiger partial charge in [-0.1, -0.05) is 29.8 Å². The summed E-state index contributed by atoms with van der Waals surface area (Å²) in [5, 5.41) is 0.998. The number of thiophene rings is 1. The molecule has 18 heteroatoms. The van der Waals surface area contributed by atoms with Crippen molar-refractivity contribution in [3.05, 3.63) is 101 Å². The number of alkyl halides is 4. The molecule has 2 aliphatic heterocycles. The smallest absolute Gasteiger partial charge is 0.392 e. The predicted octanol–water partition coefficient (Wildman–Crippen LogP) is 9.82. The van der Waals surface area contributed by atoms with Crippen LogP contribution in [0.4, 0.5) is 23.2 Å². The Morgan fingerprint density at radius 1 is 1.05 bits per heavy atom. The lowest BCUT2D eigenvalue weighted by atomic mass is 9.95. The van der Waals surface area contributed by atoms with Crippen LogP contribution in [0.1, 0.15) is 30.2 Å². The summed E-state index contributed by atoms with van der Waals surface area (Å²) in [5.74, 6) is 0.144. The summed E-state index contributed by atoms with van der Waals surface area (Å²) < 4.78 is 82.0. The van der Waals surface area contributed by atoms with Gasteiger partial charge in [0.1, 0.15) is 48.3 Å². The lowest BCUT2D eigenvalue weighted by Gasteiger charge is -2.26. The first-order valence-corrected chi connectivity index (χ1v) is 20.5.